The first-order valence-corrected chi connectivity index (χ1v) is 13.0. The monoisotopic (exact) mass is 549 g/mol. The molecule has 39 heavy (non-hydrogen) atoms. The van der Waals surface area contributed by atoms with Crippen LogP contribution in [0.3, 0.4) is 0 Å². The molecule has 2 aliphatic rings. The number of benzene rings is 1. The molecule has 2 fully saturated rings. The summed E-state index contributed by atoms with van der Waals surface area (Å²) < 4.78 is 43.7. The van der Waals surface area contributed by atoms with Crippen LogP contribution in [0, 0.1) is 12.8 Å². The van der Waals surface area contributed by atoms with Crippen LogP contribution in [0.5, 0.6) is 0 Å². The van der Waals surface area contributed by atoms with E-state index in [1.54, 1.807) is 25.1 Å². The predicted octanol–water partition coefficient (Wildman–Crippen LogP) is 3.81. The molecule has 2 atom stereocenters. The molecular weight excluding hydrogens is 515 g/mol. The molecule has 0 saturated carbocycles. The molecule has 0 spiro atoms. The van der Waals surface area contributed by atoms with E-state index in [9.17, 15) is 27.9 Å². The van der Waals surface area contributed by atoms with Crippen LogP contribution in [0.4, 0.5) is 29.5 Å². The molecule has 0 radical (unpaired) electrons. The molecule has 2 aliphatic heterocycles. The Hall–Kier alpha value is -3.38. The number of hydrogen-bond acceptors (Lipinski definition) is 6. The van der Waals surface area contributed by atoms with E-state index in [1.165, 1.54) is 4.90 Å². The van der Waals surface area contributed by atoms with Gasteiger partial charge in [0.1, 0.15) is 11.5 Å². The molecule has 12 heteroatoms. The van der Waals surface area contributed by atoms with Crippen molar-refractivity contribution in [3.63, 3.8) is 0 Å². The molecule has 1 aromatic heterocycles. The fourth-order valence-corrected chi connectivity index (χ4v) is 4.81. The molecular formula is C27H34F3N5O4. The number of rotatable bonds is 7. The Morgan fingerprint density at radius 1 is 1.18 bits per heavy atom. The van der Waals surface area contributed by atoms with Gasteiger partial charge in [0.25, 0.3) is 5.91 Å². The summed E-state index contributed by atoms with van der Waals surface area (Å²) in [5.74, 6) is -0.408. The number of nitrogens with zero attached hydrogens (tertiary/aromatic N) is 3. The lowest BCUT2D eigenvalue weighted by Gasteiger charge is -2.28. The number of morpholine rings is 1. The summed E-state index contributed by atoms with van der Waals surface area (Å²) in [5.41, 5.74) is 3.06. The van der Waals surface area contributed by atoms with Crippen molar-refractivity contribution in [1.29, 1.82) is 0 Å². The lowest BCUT2D eigenvalue weighted by molar-refractivity contribution is -0.143. The van der Waals surface area contributed by atoms with E-state index in [4.69, 9.17) is 4.74 Å². The van der Waals surface area contributed by atoms with Crippen molar-refractivity contribution in [2.45, 2.75) is 38.9 Å². The van der Waals surface area contributed by atoms with E-state index < -0.39 is 36.5 Å². The number of amides is 3. The van der Waals surface area contributed by atoms with Gasteiger partial charge in [0.2, 0.25) is 0 Å². The fraction of sp³-hybridized carbons (Fsp3) is 0.519. The molecule has 9 nitrogen and oxygen atoms in total. The number of carbonyl (C=O) groups is 2. The van der Waals surface area contributed by atoms with Crippen LogP contribution in [-0.4, -0.2) is 85.1 Å². The zero-order valence-electron chi connectivity index (χ0n) is 22.1. The van der Waals surface area contributed by atoms with E-state index in [0.717, 1.165) is 11.1 Å². The van der Waals surface area contributed by atoms with Crippen molar-refractivity contribution in [1.82, 2.24) is 15.2 Å². The third kappa shape index (κ3) is 7.60. The van der Waals surface area contributed by atoms with Crippen LogP contribution in [0.1, 0.15) is 35.8 Å². The summed E-state index contributed by atoms with van der Waals surface area (Å²) in [4.78, 5) is 33.8. The molecule has 0 bridgehead atoms. The first-order valence-electron chi connectivity index (χ1n) is 13.0. The van der Waals surface area contributed by atoms with Crippen LogP contribution in [-0.2, 0) is 4.74 Å². The van der Waals surface area contributed by atoms with E-state index in [2.05, 4.69) is 15.6 Å². The summed E-state index contributed by atoms with van der Waals surface area (Å²) in [6, 6.07) is 8.01. The van der Waals surface area contributed by atoms with E-state index in [1.807, 2.05) is 24.0 Å². The predicted molar refractivity (Wildman–Crippen MR) is 141 cm³/mol. The summed E-state index contributed by atoms with van der Waals surface area (Å²) in [7, 11) is 0. The Kier molecular flexibility index (Phi) is 8.96. The van der Waals surface area contributed by atoms with Crippen molar-refractivity contribution < 1.29 is 32.6 Å². The number of ether oxygens (including phenoxy) is 1. The molecule has 3 N–H and O–H groups in total. The first kappa shape index (κ1) is 28.6. The molecule has 0 unspecified atom stereocenters. The van der Waals surface area contributed by atoms with Crippen LogP contribution in [0.25, 0.3) is 11.1 Å². The number of anilines is 2. The van der Waals surface area contributed by atoms with E-state index >= 15 is 0 Å². The van der Waals surface area contributed by atoms with Gasteiger partial charge in [-0.15, -0.1) is 0 Å². The highest BCUT2D eigenvalue weighted by atomic mass is 19.4. The van der Waals surface area contributed by atoms with E-state index in [0.29, 0.717) is 49.8 Å². The molecule has 2 aromatic rings. The van der Waals surface area contributed by atoms with Crippen molar-refractivity contribution in [3.8, 4) is 11.1 Å². The number of aryl methyl sites for hydroxylation is 1. The average Bonchev–Trinajstić information content (AvgIpc) is 3.37. The quantitative estimate of drug-likeness (QED) is 0.485. The van der Waals surface area contributed by atoms with Gasteiger partial charge in [-0.2, -0.15) is 13.2 Å². The maximum absolute atomic E-state index is 12.9. The molecule has 2 saturated heterocycles. The van der Waals surface area contributed by atoms with E-state index in [-0.39, 0.29) is 25.4 Å². The maximum Gasteiger partial charge on any atom is 0.389 e. The summed E-state index contributed by atoms with van der Waals surface area (Å²) in [6.45, 7) is 6.02. The van der Waals surface area contributed by atoms with Gasteiger partial charge in [-0.3, -0.25) is 4.79 Å². The van der Waals surface area contributed by atoms with Gasteiger partial charge in [0.15, 0.2) is 0 Å². The maximum atomic E-state index is 12.9. The standard InChI is InChI=1S/C27H34F3N5O4/c1-17-3-4-21(32-26(38)35-6-5-19(15-35)14-27(28,29)30)13-22(17)20-11-23(25(37)31-18(2)16-36)33-24(12-20)34-7-9-39-10-8-34/h3-4,11-13,18-19,36H,5-10,14-16H2,1-2H3,(H,31,37)(H,32,38)/t18-,19+/m1/s1. The molecule has 3 amide bonds. The Balaban J connectivity index is 1.58. The highest BCUT2D eigenvalue weighted by Crippen LogP contribution is 2.32. The number of aliphatic hydroxyl groups excluding tert-OH is 1. The fourth-order valence-electron chi connectivity index (χ4n) is 4.81. The van der Waals surface area contributed by atoms with Crippen molar-refractivity contribution >= 4 is 23.4 Å². The number of carbonyl (C=O) groups excluding carboxylic acids is 2. The highest BCUT2D eigenvalue weighted by molar-refractivity contribution is 5.95. The highest BCUT2D eigenvalue weighted by Gasteiger charge is 2.36. The number of aromatic nitrogens is 1. The minimum atomic E-state index is -4.25. The molecule has 3 heterocycles. The minimum absolute atomic E-state index is 0.0576. The second-order valence-corrected chi connectivity index (χ2v) is 10.1. The Morgan fingerprint density at radius 2 is 1.92 bits per heavy atom. The number of pyridine rings is 1. The number of nitrogens with one attached hydrogen (secondary N) is 2. The van der Waals surface area contributed by atoms with Crippen LogP contribution >= 0.6 is 0 Å². The Morgan fingerprint density at radius 3 is 2.62 bits per heavy atom. The minimum Gasteiger partial charge on any atom is -0.394 e. The Bertz CT molecular complexity index is 1190. The van der Waals surface area contributed by atoms with Gasteiger partial charge >= 0.3 is 12.2 Å². The lowest BCUT2D eigenvalue weighted by atomic mass is 9.99. The summed E-state index contributed by atoms with van der Waals surface area (Å²) >= 11 is 0. The molecule has 212 valence electrons. The molecule has 1 aromatic carbocycles. The zero-order chi connectivity index (χ0) is 28.2. The Labute approximate surface area is 225 Å². The van der Waals surface area contributed by atoms with Gasteiger partial charge in [-0.25, -0.2) is 9.78 Å². The van der Waals surface area contributed by atoms with Crippen LogP contribution < -0.4 is 15.5 Å². The third-order valence-corrected chi connectivity index (χ3v) is 6.92. The second-order valence-electron chi connectivity index (χ2n) is 10.1. The number of aliphatic hydroxyl groups is 1. The average molecular weight is 550 g/mol. The van der Waals surface area contributed by atoms with Gasteiger partial charge in [0, 0.05) is 44.3 Å². The van der Waals surface area contributed by atoms with Crippen molar-refractivity contribution in [2.24, 2.45) is 5.92 Å². The zero-order valence-corrected chi connectivity index (χ0v) is 22.1. The number of alkyl halides is 3. The largest absolute Gasteiger partial charge is 0.394 e. The first-order chi connectivity index (χ1) is 18.5. The lowest BCUT2D eigenvalue weighted by Crippen LogP contribution is -2.38. The number of urea groups is 1. The smallest absolute Gasteiger partial charge is 0.389 e. The van der Waals surface area contributed by atoms with Gasteiger partial charge in [0.05, 0.1) is 19.8 Å². The third-order valence-electron chi connectivity index (χ3n) is 6.92. The topological polar surface area (TPSA) is 107 Å². The van der Waals surface area contributed by atoms with Crippen LogP contribution in [0.2, 0.25) is 0 Å². The summed E-state index contributed by atoms with van der Waals surface area (Å²) in [5, 5.41) is 14.9. The number of halogens is 3. The number of hydrogen-bond donors (Lipinski definition) is 3. The number of likely N-dealkylation sites (tertiary alicyclic amines) is 1. The van der Waals surface area contributed by atoms with Gasteiger partial charge in [-0.1, -0.05) is 6.07 Å². The second kappa shape index (κ2) is 12.2. The summed E-state index contributed by atoms with van der Waals surface area (Å²) in [6.07, 6.45) is -4.83. The molecule has 0 aliphatic carbocycles. The van der Waals surface area contributed by atoms with Crippen molar-refractivity contribution in [3.05, 3.63) is 41.6 Å². The van der Waals surface area contributed by atoms with Crippen molar-refractivity contribution in [2.75, 3.05) is 56.2 Å². The van der Waals surface area contributed by atoms with Gasteiger partial charge in [-0.05, 0) is 67.1 Å². The van der Waals surface area contributed by atoms with Crippen LogP contribution in [0.15, 0.2) is 30.3 Å². The SMILES string of the molecule is Cc1ccc(NC(=O)N2CC[C@@H](CC(F)(F)F)C2)cc1-c1cc(C(=O)N[C@H](C)CO)nc(N2CCOCC2)c1. The van der Waals surface area contributed by atoms with Gasteiger partial charge < -0.3 is 30.3 Å². The molecule has 4 rings (SSSR count). The normalized spacial score (nSPS) is 18.7.